The van der Waals surface area contributed by atoms with E-state index < -0.39 is 41.4 Å². The maximum atomic E-state index is 13.8. The van der Waals surface area contributed by atoms with Crippen LogP contribution < -0.4 is 10.6 Å². The summed E-state index contributed by atoms with van der Waals surface area (Å²) in [6.07, 6.45) is 3.79. The van der Waals surface area contributed by atoms with Gasteiger partial charge in [-0.2, -0.15) is 0 Å². The Hall–Kier alpha value is -2.69. The Morgan fingerprint density at radius 3 is 2.35 bits per heavy atom. The summed E-state index contributed by atoms with van der Waals surface area (Å²) in [5, 5.41) is 16.8. The maximum Gasteiger partial charge on any atom is 0.409 e. The van der Waals surface area contributed by atoms with E-state index in [4.69, 9.17) is 9.47 Å². The molecule has 3 atom stereocenters. The van der Waals surface area contributed by atoms with Gasteiger partial charge in [0.05, 0.1) is 7.11 Å². The second-order valence-corrected chi connectivity index (χ2v) is 12.0. The first-order valence-corrected chi connectivity index (χ1v) is 14.9. The highest BCUT2D eigenvalue weighted by Gasteiger charge is 2.44. The number of nitrogens with zero attached hydrogens (tertiary/aromatic N) is 1. The van der Waals surface area contributed by atoms with E-state index in [0.717, 1.165) is 32.1 Å². The third kappa shape index (κ3) is 8.41. The van der Waals surface area contributed by atoms with Crippen LogP contribution in [-0.4, -0.2) is 84.2 Å². The van der Waals surface area contributed by atoms with E-state index in [1.807, 2.05) is 13.8 Å². The Labute approximate surface area is 237 Å². The lowest BCUT2D eigenvalue weighted by Gasteiger charge is -2.39. The minimum atomic E-state index is -1.37. The molecule has 2 heterocycles. The number of likely N-dealkylation sites (tertiary alicyclic amines) is 1. The maximum absolute atomic E-state index is 13.8. The number of aliphatic hydroxyl groups excluding tert-OH is 1. The summed E-state index contributed by atoms with van der Waals surface area (Å²) >= 11 is 0. The number of amides is 3. The van der Waals surface area contributed by atoms with Crippen molar-refractivity contribution in [3.63, 3.8) is 0 Å². The van der Waals surface area contributed by atoms with Gasteiger partial charge in [0.15, 0.2) is 11.6 Å². The summed E-state index contributed by atoms with van der Waals surface area (Å²) in [4.78, 5) is 65.5. The number of aliphatic hydroxyl groups is 1. The van der Waals surface area contributed by atoms with Crippen LogP contribution in [0.25, 0.3) is 0 Å². The number of rotatable bonds is 10. The molecule has 40 heavy (non-hydrogen) atoms. The Kier molecular flexibility index (Phi) is 11.8. The molecule has 0 aromatic carbocycles. The van der Waals surface area contributed by atoms with Crippen LogP contribution in [0.3, 0.4) is 0 Å². The second kappa shape index (κ2) is 14.8. The van der Waals surface area contributed by atoms with Crippen LogP contribution in [0.4, 0.5) is 9.59 Å². The molecule has 1 aliphatic carbocycles. The highest BCUT2D eigenvalue weighted by atomic mass is 16.6. The number of piperidine rings is 1. The quantitative estimate of drug-likeness (QED) is 0.366. The standard InChI is InChI=1S/C29H47N3O8/c1-19(2)22(25(35)23(33)17-20-9-5-8-14-30-26(20)36)18-24(34)29(12-6-4-7-13-29)31-27(37)40-21-10-15-32(16-11-21)28(38)39-3/h19-22,25,35H,4-18H2,1-3H3,(H,30,36)(H,31,37)/t20-,22+,25+/m1/s1. The topological polar surface area (TPSA) is 151 Å². The van der Waals surface area contributed by atoms with E-state index in [1.54, 1.807) is 4.90 Å². The molecule has 3 fully saturated rings. The molecule has 0 aromatic rings. The lowest BCUT2D eigenvalue weighted by Crippen LogP contribution is -2.57. The van der Waals surface area contributed by atoms with E-state index >= 15 is 0 Å². The predicted molar refractivity (Wildman–Crippen MR) is 146 cm³/mol. The molecule has 0 aromatic heterocycles. The van der Waals surface area contributed by atoms with Crippen LogP contribution in [-0.2, 0) is 23.9 Å². The second-order valence-electron chi connectivity index (χ2n) is 12.0. The molecule has 226 valence electrons. The normalized spacial score (nSPS) is 23.4. The Bertz CT molecular complexity index is 909. The first kappa shape index (κ1) is 31.8. The highest BCUT2D eigenvalue weighted by Crippen LogP contribution is 2.34. The van der Waals surface area contributed by atoms with Gasteiger partial charge in [-0.15, -0.1) is 0 Å². The molecule has 0 radical (unpaired) electrons. The Morgan fingerprint density at radius 1 is 1.05 bits per heavy atom. The molecule has 2 saturated heterocycles. The molecular weight excluding hydrogens is 518 g/mol. The van der Waals surface area contributed by atoms with Crippen LogP contribution >= 0.6 is 0 Å². The van der Waals surface area contributed by atoms with E-state index in [1.165, 1.54) is 7.11 Å². The molecule has 3 rings (SSSR count). The fourth-order valence-corrected chi connectivity index (χ4v) is 6.21. The van der Waals surface area contributed by atoms with Crippen LogP contribution in [0, 0.1) is 17.8 Å². The van der Waals surface area contributed by atoms with Gasteiger partial charge < -0.3 is 30.1 Å². The van der Waals surface area contributed by atoms with E-state index in [0.29, 0.717) is 51.7 Å². The number of methoxy groups -OCH3 is 1. The minimum Gasteiger partial charge on any atom is -0.453 e. The first-order chi connectivity index (χ1) is 19.1. The smallest absolute Gasteiger partial charge is 0.409 e. The first-order valence-electron chi connectivity index (χ1n) is 14.9. The summed E-state index contributed by atoms with van der Waals surface area (Å²) in [6, 6.07) is 0. The van der Waals surface area contributed by atoms with Gasteiger partial charge in [-0.3, -0.25) is 14.4 Å². The number of nitrogens with one attached hydrogen (secondary N) is 2. The Morgan fingerprint density at radius 2 is 1.73 bits per heavy atom. The van der Waals surface area contributed by atoms with Crippen molar-refractivity contribution in [2.45, 2.75) is 109 Å². The van der Waals surface area contributed by atoms with Crippen molar-refractivity contribution >= 4 is 29.7 Å². The number of carbonyl (C=O) groups is 5. The molecule has 3 aliphatic rings. The van der Waals surface area contributed by atoms with Gasteiger partial charge in [0, 0.05) is 57.2 Å². The monoisotopic (exact) mass is 565 g/mol. The fourth-order valence-electron chi connectivity index (χ4n) is 6.21. The molecule has 3 N–H and O–H groups in total. The van der Waals surface area contributed by atoms with Gasteiger partial charge in [0.25, 0.3) is 0 Å². The van der Waals surface area contributed by atoms with Crippen molar-refractivity contribution in [2.24, 2.45) is 17.8 Å². The van der Waals surface area contributed by atoms with Crippen LogP contribution in [0.1, 0.15) is 90.9 Å². The van der Waals surface area contributed by atoms with Crippen LogP contribution in [0.15, 0.2) is 0 Å². The lowest BCUT2D eigenvalue weighted by atomic mass is 9.73. The SMILES string of the molecule is COC(=O)N1CCC(OC(=O)NC2(C(=O)C[C@@H](C(C)C)[C@H](O)C(=O)C[C@H]3CCCCNC3=O)CCCCC2)CC1. The van der Waals surface area contributed by atoms with E-state index in [-0.39, 0.29) is 36.6 Å². The zero-order valence-electron chi connectivity index (χ0n) is 24.2. The number of alkyl carbamates (subject to hydrolysis) is 1. The molecule has 0 bridgehead atoms. The van der Waals surface area contributed by atoms with Gasteiger partial charge >= 0.3 is 12.2 Å². The highest BCUT2D eigenvalue weighted by molar-refractivity contribution is 5.93. The minimum absolute atomic E-state index is 0.0467. The van der Waals surface area contributed by atoms with Gasteiger partial charge in [0.1, 0.15) is 17.7 Å². The van der Waals surface area contributed by atoms with Gasteiger partial charge in [0.2, 0.25) is 5.91 Å². The largest absolute Gasteiger partial charge is 0.453 e. The van der Waals surface area contributed by atoms with Crippen LogP contribution in [0.5, 0.6) is 0 Å². The predicted octanol–water partition coefficient (Wildman–Crippen LogP) is 3.11. The molecule has 11 nitrogen and oxygen atoms in total. The van der Waals surface area contributed by atoms with Crippen LogP contribution in [0.2, 0.25) is 0 Å². The number of ketones is 2. The van der Waals surface area contributed by atoms with Crippen molar-refractivity contribution in [1.82, 2.24) is 15.5 Å². The summed E-state index contributed by atoms with van der Waals surface area (Å²) in [7, 11) is 1.33. The van der Waals surface area contributed by atoms with Crippen molar-refractivity contribution in [3.8, 4) is 0 Å². The molecule has 0 spiro atoms. The summed E-state index contributed by atoms with van der Waals surface area (Å²) in [6.45, 7) is 5.16. The molecule has 1 saturated carbocycles. The Balaban J connectivity index is 1.62. The summed E-state index contributed by atoms with van der Waals surface area (Å²) in [5.41, 5.74) is -1.11. The number of hydrogen-bond donors (Lipinski definition) is 3. The van der Waals surface area contributed by atoms with E-state index in [9.17, 15) is 29.1 Å². The van der Waals surface area contributed by atoms with Gasteiger partial charge in [-0.25, -0.2) is 9.59 Å². The van der Waals surface area contributed by atoms with Crippen molar-refractivity contribution < 1.29 is 38.6 Å². The van der Waals surface area contributed by atoms with E-state index in [2.05, 4.69) is 10.6 Å². The van der Waals surface area contributed by atoms with Crippen molar-refractivity contribution in [2.75, 3.05) is 26.7 Å². The third-order valence-electron chi connectivity index (χ3n) is 8.84. The fraction of sp³-hybridized carbons (Fsp3) is 0.828. The number of Topliss-reactive ketones (excluding diaryl/α,β-unsaturated/α-hetero) is 2. The number of carbonyl (C=O) groups excluding carboxylic acids is 5. The van der Waals surface area contributed by atoms with Gasteiger partial charge in [-0.05, 0) is 31.6 Å². The zero-order valence-corrected chi connectivity index (χ0v) is 24.2. The van der Waals surface area contributed by atoms with Gasteiger partial charge in [-0.1, -0.05) is 39.5 Å². The lowest BCUT2D eigenvalue weighted by molar-refractivity contribution is -0.138. The van der Waals surface area contributed by atoms with Crippen molar-refractivity contribution in [1.29, 1.82) is 0 Å². The average molecular weight is 566 g/mol. The molecular formula is C29H47N3O8. The molecule has 11 heteroatoms. The molecule has 0 unspecified atom stereocenters. The summed E-state index contributed by atoms with van der Waals surface area (Å²) in [5.74, 6) is -2.05. The number of ether oxygens (including phenoxy) is 2. The number of hydrogen-bond acceptors (Lipinski definition) is 8. The molecule has 2 aliphatic heterocycles. The molecule has 3 amide bonds. The zero-order chi connectivity index (χ0) is 29.3. The van der Waals surface area contributed by atoms with Crippen molar-refractivity contribution in [3.05, 3.63) is 0 Å². The third-order valence-corrected chi connectivity index (χ3v) is 8.84. The summed E-state index contributed by atoms with van der Waals surface area (Å²) < 4.78 is 10.4. The average Bonchev–Trinajstić information content (AvgIpc) is 3.14.